The van der Waals surface area contributed by atoms with Crippen LogP contribution in [0, 0.1) is 0 Å². The van der Waals surface area contributed by atoms with Crippen molar-refractivity contribution in [2.24, 2.45) is 0 Å². The number of hydrogen-bond acceptors (Lipinski definition) is 4. The summed E-state index contributed by atoms with van der Waals surface area (Å²) in [6, 6.07) is 16.3. The Morgan fingerprint density at radius 2 is 1.48 bits per heavy atom. The van der Waals surface area contributed by atoms with Crippen LogP contribution in [0.25, 0.3) is 11.1 Å². The predicted octanol–water partition coefficient (Wildman–Crippen LogP) is 3.60. The lowest BCUT2D eigenvalue weighted by atomic mass is 10.0. The highest BCUT2D eigenvalue weighted by atomic mass is 16.5. The van der Waals surface area contributed by atoms with Crippen molar-refractivity contribution in [2.75, 3.05) is 14.1 Å². The minimum atomic E-state index is -0.537. The fourth-order valence-electron chi connectivity index (χ4n) is 2.39. The van der Waals surface area contributed by atoms with Crippen LogP contribution in [0.3, 0.4) is 0 Å². The summed E-state index contributed by atoms with van der Waals surface area (Å²) < 4.78 is 5.09. The minimum absolute atomic E-state index is 0.158. The third kappa shape index (κ3) is 6.01. The van der Waals surface area contributed by atoms with Crippen molar-refractivity contribution in [3.63, 3.8) is 0 Å². The Bertz CT molecular complexity index is 731. The van der Waals surface area contributed by atoms with E-state index in [-0.39, 0.29) is 18.8 Å². The lowest BCUT2D eigenvalue weighted by Crippen LogP contribution is -2.10. The molecule has 2 aromatic carbocycles. The van der Waals surface area contributed by atoms with Gasteiger partial charge in [0.05, 0.1) is 0 Å². The number of hydrogen-bond donors (Lipinski definition) is 0. The van der Waals surface area contributed by atoms with Crippen LogP contribution in [0.4, 0.5) is 0 Å². The van der Waals surface area contributed by atoms with E-state index < -0.39 is 5.97 Å². The van der Waals surface area contributed by atoms with Crippen LogP contribution in [-0.4, -0.2) is 30.7 Å². The fourth-order valence-corrected chi connectivity index (χ4v) is 2.39. The van der Waals surface area contributed by atoms with Gasteiger partial charge in [0.2, 0.25) is 0 Å². The molecule has 0 atom stereocenters. The van der Waals surface area contributed by atoms with Gasteiger partial charge in [-0.3, -0.25) is 9.59 Å². The number of allylic oxidation sites excluding steroid dienone is 1. The molecular weight excluding hydrogens is 314 g/mol. The maximum atomic E-state index is 11.5. The van der Waals surface area contributed by atoms with Crippen LogP contribution in [0.1, 0.15) is 17.5 Å². The molecule has 0 aliphatic heterocycles. The van der Waals surface area contributed by atoms with E-state index in [0.29, 0.717) is 0 Å². The van der Waals surface area contributed by atoms with Gasteiger partial charge in [-0.15, -0.1) is 0 Å². The summed E-state index contributed by atoms with van der Waals surface area (Å²) >= 11 is 0. The van der Waals surface area contributed by atoms with E-state index in [9.17, 15) is 9.59 Å². The van der Waals surface area contributed by atoms with E-state index in [1.165, 1.54) is 5.56 Å². The second-order valence-corrected chi connectivity index (χ2v) is 6.14. The first-order valence-corrected chi connectivity index (χ1v) is 8.12. The Morgan fingerprint density at radius 1 is 0.960 bits per heavy atom. The second-order valence-electron chi connectivity index (χ2n) is 6.14. The molecule has 0 spiro atoms. The SMILES string of the molecule is C=CC(=O)CC(=O)OCc1ccc(-c2ccc(CN(C)C)cc2)cc1. The maximum Gasteiger partial charge on any atom is 0.314 e. The molecule has 0 saturated carbocycles. The van der Waals surface area contributed by atoms with Gasteiger partial charge in [-0.2, -0.15) is 0 Å². The smallest absolute Gasteiger partial charge is 0.314 e. The van der Waals surface area contributed by atoms with Crippen LogP contribution in [-0.2, 0) is 27.5 Å². The van der Waals surface area contributed by atoms with E-state index in [1.54, 1.807) is 0 Å². The number of esters is 1. The average molecular weight is 337 g/mol. The van der Waals surface area contributed by atoms with Crippen LogP contribution in [0.5, 0.6) is 0 Å². The second kappa shape index (κ2) is 8.94. The normalized spacial score (nSPS) is 10.5. The summed E-state index contributed by atoms with van der Waals surface area (Å²) in [6.07, 6.45) is 0.862. The highest BCUT2D eigenvalue weighted by Crippen LogP contribution is 2.21. The first-order valence-electron chi connectivity index (χ1n) is 8.12. The third-order valence-corrected chi connectivity index (χ3v) is 3.69. The van der Waals surface area contributed by atoms with Crippen LogP contribution >= 0.6 is 0 Å². The summed E-state index contributed by atoms with van der Waals surface area (Å²) in [7, 11) is 4.10. The van der Waals surface area contributed by atoms with E-state index in [1.807, 2.05) is 38.4 Å². The number of ether oxygens (including phenoxy) is 1. The molecule has 0 aliphatic rings. The molecule has 2 rings (SSSR count). The molecule has 0 aromatic heterocycles. The van der Waals surface area contributed by atoms with Crippen LogP contribution in [0.2, 0.25) is 0 Å². The summed E-state index contributed by atoms with van der Waals surface area (Å²) in [5.74, 6) is -0.872. The molecule has 0 N–H and O–H groups in total. The number of nitrogens with zero attached hydrogens (tertiary/aromatic N) is 1. The molecule has 0 radical (unpaired) electrons. The number of carbonyl (C=O) groups excluding carboxylic acids is 2. The molecule has 25 heavy (non-hydrogen) atoms. The molecule has 130 valence electrons. The van der Waals surface area contributed by atoms with Crippen molar-refractivity contribution in [1.82, 2.24) is 4.90 Å². The van der Waals surface area contributed by atoms with Crippen LogP contribution in [0.15, 0.2) is 61.2 Å². The Balaban J connectivity index is 1.94. The fraction of sp³-hybridized carbons (Fsp3) is 0.238. The first kappa shape index (κ1) is 18.6. The van der Waals surface area contributed by atoms with Gasteiger partial charge in [0, 0.05) is 6.54 Å². The lowest BCUT2D eigenvalue weighted by Gasteiger charge is -2.10. The van der Waals surface area contributed by atoms with Gasteiger partial charge >= 0.3 is 5.97 Å². The molecule has 0 bridgehead atoms. The van der Waals surface area contributed by atoms with Crippen molar-refractivity contribution in [1.29, 1.82) is 0 Å². The molecule has 0 fully saturated rings. The summed E-state index contributed by atoms with van der Waals surface area (Å²) in [5, 5.41) is 0. The molecule has 0 saturated heterocycles. The monoisotopic (exact) mass is 337 g/mol. The van der Waals surface area contributed by atoms with E-state index >= 15 is 0 Å². The zero-order valence-electron chi connectivity index (χ0n) is 14.7. The van der Waals surface area contributed by atoms with Crippen molar-refractivity contribution in [2.45, 2.75) is 19.6 Å². The number of carbonyl (C=O) groups is 2. The molecule has 0 amide bonds. The van der Waals surface area contributed by atoms with Crippen LogP contribution < -0.4 is 0 Å². The molecule has 0 aliphatic carbocycles. The van der Waals surface area contributed by atoms with Crippen molar-refractivity contribution in [3.05, 3.63) is 72.3 Å². The molecule has 0 heterocycles. The average Bonchev–Trinajstić information content (AvgIpc) is 2.60. The topological polar surface area (TPSA) is 46.6 Å². The third-order valence-electron chi connectivity index (χ3n) is 3.69. The van der Waals surface area contributed by atoms with Gasteiger partial charge in [0.25, 0.3) is 0 Å². The van der Waals surface area contributed by atoms with Crippen molar-refractivity contribution in [3.8, 4) is 11.1 Å². The largest absolute Gasteiger partial charge is 0.460 e. The van der Waals surface area contributed by atoms with Crippen molar-refractivity contribution < 1.29 is 14.3 Å². The van der Waals surface area contributed by atoms with Gasteiger partial charge in [0.15, 0.2) is 5.78 Å². The highest BCUT2D eigenvalue weighted by Gasteiger charge is 2.08. The Labute approximate surface area is 148 Å². The molecule has 4 heteroatoms. The number of benzene rings is 2. The Kier molecular flexibility index (Phi) is 6.66. The predicted molar refractivity (Wildman–Crippen MR) is 98.9 cm³/mol. The standard InChI is InChI=1S/C21H23NO3/c1-4-20(23)13-21(24)25-15-17-7-11-19(12-8-17)18-9-5-16(6-10-18)14-22(2)3/h4-12H,1,13-15H2,2-3H3. The van der Waals surface area contributed by atoms with E-state index in [2.05, 4.69) is 35.7 Å². The zero-order chi connectivity index (χ0) is 18.2. The zero-order valence-corrected chi connectivity index (χ0v) is 14.7. The minimum Gasteiger partial charge on any atom is -0.460 e. The van der Waals surface area contributed by atoms with Gasteiger partial charge in [0.1, 0.15) is 13.0 Å². The number of ketones is 1. The number of rotatable bonds is 8. The molecule has 0 unspecified atom stereocenters. The molecule has 4 nitrogen and oxygen atoms in total. The molecular formula is C21H23NO3. The summed E-state index contributed by atoms with van der Waals surface area (Å²) in [4.78, 5) is 24.7. The lowest BCUT2D eigenvalue weighted by molar-refractivity contribution is -0.146. The van der Waals surface area contributed by atoms with Crippen molar-refractivity contribution >= 4 is 11.8 Å². The van der Waals surface area contributed by atoms with Gasteiger partial charge < -0.3 is 9.64 Å². The maximum absolute atomic E-state index is 11.5. The summed E-state index contributed by atoms with van der Waals surface area (Å²) in [5.41, 5.74) is 4.40. The van der Waals surface area contributed by atoms with E-state index in [4.69, 9.17) is 4.74 Å². The quantitative estimate of drug-likeness (QED) is 0.419. The Hall–Kier alpha value is -2.72. The Morgan fingerprint density at radius 3 is 1.96 bits per heavy atom. The van der Waals surface area contributed by atoms with Gasteiger partial charge in [-0.25, -0.2) is 0 Å². The van der Waals surface area contributed by atoms with Gasteiger partial charge in [-0.05, 0) is 42.4 Å². The molecule has 2 aromatic rings. The summed E-state index contributed by atoms with van der Waals surface area (Å²) in [6.45, 7) is 4.40. The van der Waals surface area contributed by atoms with E-state index in [0.717, 1.165) is 29.3 Å². The first-order chi connectivity index (χ1) is 12.0. The van der Waals surface area contributed by atoms with Gasteiger partial charge in [-0.1, -0.05) is 55.1 Å². The highest BCUT2D eigenvalue weighted by molar-refractivity contribution is 6.01.